The second kappa shape index (κ2) is 6.83. The van der Waals surface area contributed by atoms with E-state index in [2.05, 4.69) is 20.7 Å². The van der Waals surface area contributed by atoms with Crippen LogP contribution in [0, 0.1) is 6.92 Å². The van der Waals surface area contributed by atoms with Gasteiger partial charge in [0.1, 0.15) is 5.82 Å². The quantitative estimate of drug-likeness (QED) is 0.465. The van der Waals surface area contributed by atoms with Gasteiger partial charge in [0, 0.05) is 11.8 Å². The molecule has 2 aromatic rings. The molecular formula is C14H19N5O. The molecule has 0 saturated heterocycles. The van der Waals surface area contributed by atoms with Gasteiger partial charge in [0.15, 0.2) is 0 Å². The fraction of sp³-hybridized carbons (Fsp3) is 0.286. The Morgan fingerprint density at radius 3 is 2.65 bits per heavy atom. The topological polar surface area (TPSA) is 96.1 Å². The largest absolute Gasteiger partial charge is 0.394 e. The minimum atomic E-state index is -0.114. The highest BCUT2D eigenvalue weighted by Crippen LogP contribution is 2.12. The van der Waals surface area contributed by atoms with E-state index in [1.807, 2.05) is 43.3 Å². The first-order chi connectivity index (χ1) is 9.71. The molecule has 0 aliphatic rings. The van der Waals surface area contributed by atoms with Crippen LogP contribution in [0.5, 0.6) is 0 Å². The second-order valence-corrected chi connectivity index (χ2v) is 4.58. The SMILES string of the molecule is Cc1cc(NC(CO)Cc2ccccc2)nc(NN)n1. The summed E-state index contributed by atoms with van der Waals surface area (Å²) in [5, 5.41) is 12.7. The second-order valence-electron chi connectivity index (χ2n) is 4.58. The molecule has 106 valence electrons. The lowest BCUT2D eigenvalue weighted by molar-refractivity contribution is 0.273. The Balaban J connectivity index is 2.08. The maximum atomic E-state index is 9.50. The number of hydrogen-bond donors (Lipinski definition) is 4. The van der Waals surface area contributed by atoms with Crippen LogP contribution < -0.4 is 16.6 Å². The maximum Gasteiger partial charge on any atom is 0.239 e. The first-order valence-electron chi connectivity index (χ1n) is 6.45. The molecule has 0 aliphatic heterocycles. The third-order valence-electron chi connectivity index (χ3n) is 2.88. The van der Waals surface area contributed by atoms with Crippen LogP contribution in [0.25, 0.3) is 0 Å². The maximum absolute atomic E-state index is 9.50. The Labute approximate surface area is 118 Å². The number of rotatable bonds is 6. The first kappa shape index (κ1) is 14.2. The van der Waals surface area contributed by atoms with Crippen LogP contribution >= 0.6 is 0 Å². The Hall–Kier alpha value is -2.18. The van der Waals surface area contributed by atoms with E-state index in [0.717, 1.165) is 11.3 Å². The summed E-state index contributed by atoms with van der Waals surface area (Å²) < 4.78 is 0. The van der Waals surface area contributed by atoms with Crippen molar-refractivity contribution in [2.75, 3.05) is 17.3 Å². The van der Waals surface area contributed by atoms with Gasteiger partial charge in [0.05, 0.1) is 12.6 Å². The lowest BCUT2D eigenvalue weighted by Crippen LogP contribution is -2.27. The average Bonchev–Trinajstić information content (AvgIpc) is 2.47. The number of anilines is 2. The van der Waals surface area contributed by atoms with E-state index >= 15 is 0 Å². The fourth-order valence-electron chi connectivity index (χ4n) is 1.98. The van der Waals surface area contributed by atoms with Crippen LogP contribution in [0.3, 0.4) is 0 Å². The van der Waals surface area contributed by atoms with Crippen LogP contribution in [0.2, 0.25) is 0 Å². The Morgan fingerprint density at radius 1 is 1.25 bits per heavy atom. The van der Waals surface area contributed by atoms with Gasteiger partial charge >= 0.3 is 0 Å². The number of nitrogens with zero attached hydrogens (tertiary/aromatic N) is 2. The molecule has 0 amide bonds. The predicted octanol–water partition coefficient (Wildman–Crippen LogP) is 1.09. The standard InChI is InChI=1S/C14H19N5O/c1-10-7-13(18-14(16-10)19-15)17-12(9-20)8-11-5-3-2-4-6-11/h2-7,12,20H,8-9,15H2,1H3,(H2,16,17,18,19). The number of aliphatic hydroxyl groups is 1. The summed E-state index contributed by atoms with van der Waals surface area (Å²) >= 11 is 0. The van der Waals surface area contributed by atoms with Gasteiger partial charge in [0.25, 0.3) is 0 Å². The molecule has 0 spiro atoms. The third-order valence-corrected chi connectivity index (χ3v) is 2.88. The summed E-state index contributed by atoms with van der Waals surface area (Å²) in [4.78, 5) is 8.33. The molecule has 6 heteroatoms. The number of nitrogen functional groups attached to an aromatic ring is 1. The Morgan fingerprint density at radius 2 is 2.00 bits per heavy atom. The highest BCUT2D eigenvalue weighted by atomic mass is 16.3. The number of nitrogens with two attached hydrogens (primary N) is 1. The zero-order valence-corrected chi connectivity index (χ0v) is 11.4. The third kappa shape index (κ3) is 3.91. The fourth-order valence-corrected chi connectivity index (χ4v) is 1.98. The van der Waals surface area contributed by atoms with Crippen LogP contribution in [0.4, 0.5) is 11.8 Å². The van der Waals surface area contributed by atoms with Crippen molar-refractivity contribution in [3.63, 3.8) is 0 Å². The zero-order chi connectivity index (χ0) is 14.4. The van der Waals surface area contributed by atoms with E-state index in [1.165, 1.54) is 0 Å². The van der Waals surface area contributed by atoms with Gasteiger partial charge in [-0.15, -0.1) is 0 Å². The summed E-state index contributed by atoms with van der Waals surface area (Å²) in [5.41, 5.74) is 4.38. The van der Waals surface area contributed by atoms with Gasteiger partial charge in [-0.05, 0) is 18.9 Å². The Bertz CT molecular complexity index is 547. The molecule has 0 aliphatic carbocycles. The van der Waals surface area contributed by atoms with Gasteiger partial charge in [-0.3, -0.25) is 5.43 Å². The highest BCUT2D eigenvalue weighted by Gasteiger charge is 2.10. The van der Waals surface area contributed by atoms with Crippen molar-refractivity contribution in [2.24, 2.45) is 5.84 Å². The van der Waals surface area contributed by atoms with Gasteiger partial charge in [-0.25, -0.2) is 10.8 Å². The van der Waals surface area contributed by atoms with E-state index in [4.69, 9.17) is 5.84 Å². The van der Waals surface area contributed by atoms with Crippen molar-refractivity contribution in [2.45, 2.75) is 19.4 Å². The lowest BCUT2D eigenvalue weighted by atomic mass is 10.1. The number of aliphatic hydroxyl groups excluding tert-OH is 1. The highest BCUT2D eigenvalue weighted by molar-refractivity contribution is 5.42. The lowest BCUT2D eigenvalue weighted by Gasteiger charge is -2.17. The number of nitrogens with one attached hydrogen (secondary N) is 2. The van der Waals surface area contributed by atoms with Gasteiger partial charge in [0.2, 0.25) is 5.95 Å². The van der Waals surface area contributed by atoms with Crippen LogP contribution in [-0.2, 0) is 6.42 Å². The van der Waals surface area contributed by atoms with Crippen molar-refractivity contribution >= 4 is 11.8 Å². The molecule has 5 N–H and O–H groups in total. The monoisotopic (exact) mass is 273 g/mol. The van der Waals surface area contributed by atoms with Crippen molar-refractivity contribution in [1.82, 2.24) is 9.97 Å². The molecular weight excluding hydrogens is 254 g/mol. The van der Waals surface area contributed by atoms with Crippen molar-refractivity contribution in [3.8, 4) is 0 Å². The Kier molecular flexibility index (Phi) is 4.86. The number of hydrogen-bond acceptors (Lipinski definition) is 6. The molecule has 1 unspecified atom stereocenters. The summed E-state index contributed by atoms with van der Waals surface area (Å²) in [6.45, 7) is 1.88. The molecule has 6 nitrogen and oxygen atoms in total. The molecule has 0 radical (unpaired) electrons. The molecule has 1 heterocycles. The van der Waals surface area contributed by atoms with Gasteiger partial charge < -0.3 is 10.4 Å². The predicted molar refractivity (Wildman–Crippen MR) is 79.2 cm³/mol. The molecule has 0 bridgehead atoms. The minimum Gasteiger partial charge on any atom is -0.394 e. The smallest absolute Gasteiger partial charge is 0.239 e. The molecule has 0 saturated carbocycles. The molecule has 1 aromatic heterocycles. The summed E-state index contributed by atoms with van der Waals surface area (Å²) in [6.07, 6.45) is 0.714. The summed E-state index contributed by atoms with van der Waals surface area (Å²) in [5.74, 6) is 6.31. The van der Waals surface area contributed by atoms with Crippen molar-refractivity contribution in [1.29, 1.82) is 0 Å². The van der Waals surface area contributed by atoms with E-state index in [-0.39, 0.29) is 12.6 Å². The summed E-state index contributed by atoms with van der Waals surface area (Å²) in [7, 11) is 0. The van der Waals surface area contributed by atoms with Crippen LogP contribution in [0.15, 0.2) is 36.4 Å². The minimum absolute atomic E-state index is 0.0172. The number of benzene rings is 1. The zero-order valence-electron chi connectivity index (χ0n) is 11.4. The normalized spacial score (nSPS) is 11.9. The van der Waals surface area contributed by atoms with E-state index in [9.17, 15) is 5.11 Å². The molecule has 0 fully saturated rings. The van der Waals surface area contributed by atoms with E-state index in [1.54, 1.807) is 0 Å². The van der Waals surface area contributed by atoms with Crippen molar-refractivity contribution < 1.29 is 5.11 Å². The van der Waals surface area contributed by atoms with Crippen LogP contribution in [0.1, 0.15) is 11.3 Å². The number of aryl methyl sites for hydroxylation is 1. The number of hydrazine groups is 1. The van der Waals surface area contributed by atoms with E-state index < -0.39 is 0 Å². The number of aromatic nitrogens is 2. The van der Waals surface area contributed by atoms with Crippen LogP contribution in [-0.4, -0.2) is 27.7 Å². The molecule has 2 rings (SSSR count). The van der Waals surface area contributed by atoms with Gasteiger partial charge in [-0.2, -0.15) is 4.98 Å². The van der Waals surface area contributed by atoms with E-state index in [0.29, 0.717) is 18.2 Å². The van der Waals surface area contributed by atoms with Gasteiger partial charge in [-0.1, -0.05) is 30.3 Å². The average molecular weight is 273 g/mol. The molecule has 1 aromatic carbocycles. The molecule has 1 atom stereocenters. The van der Waals surface area contributed by atoms with Crippen molar-refractivity contribution in [3.05, 3.63) is 47.7 Å². The summed E-state index contributed by atoms with van der Waals surface area (Å²) in [6, 6.07) is 11.7. The first-order valence-corrected chi connectivity index (χ1v) is 6.45. The molecule has 20 heavy (non-hydrogen) atoms.